The molecular weight excluding hydrogens is 164 g/mol. The Morgan fingerprint density at radius 2 is 2.00 bits per heavy atom. The molecule has 0 aromatic rings. The van der Waals surface area contributed by atoms with Gasteiger partial charge in [0.2, 0.25) is 0 Å². The third kappa shape index (κ3) is 4.66. The van der Waals surface area contributed by atoms with E-state index < -0.39 is 11.8 Å². The summed E-state index contributed by atoms with van der Waals surface area (Å²) in [5.41, 5.74) is 0. The molecule has 0 spiro atoms. The second-order valence-corrected chi connectivity index (χ2v) is 2.81. The SMILES string of the molecule is CNC(=O)C(=O)NCCSC. The maximum absolute atomic E-state index is 10.7. The number of amides is 2. The second kappa shape index (κ2) is 6.03. The third-order valence-electron chi connectivity index (χ3n) is 1.03. The number of rotatable bonds is 3. The zero-order valence-electron chi connectivity index (χ0n) is 6.64. The smallest absolute Gasteiger partial charge is 0.309 e. The number of carbonyl (C=O) groups is 2. The fraction of sp³-hybridized carbons (Fsp3) is 0.667. The van der Waals surface area contributed by atoms with E-state index in [-0.39, 0.29) is 0 Å². The van der Waals surface area contributed by atoms with E-state index in [2.05, 4.69) is 10.6 Å². The zero-order chi connectivity index (χ0) is 8.69. The Balaban J connectivity index is 3.44. The van der Waals surface area contributed by atoms with Crippen LogP contribution >= 0.6 is 11.8 Å². The molecule has 0 aliphatic rings. The van der Waals surface area contributed by atoms with Crippen molar-refractivity contribution in [3.63, 3.8) is 0 Å². The topological polar surface area (TPSA) is 58.2 Å². The van der Waals surface area contributed by atoms with Crippen LogP contribution in [0.1, 0.15) is 0 Å². The van der Waals surface area contributed by atoms with Gasteiger partial charge in [0.15, 0.2) is 0 Å². The van der Waals surface area contributed by atoms with E-state index in [1.807, 2.05) is 6.26 Å². The van der Waals surface area contributed by atoms with Gasteiger partial charge in [-0.15, -0.1) is 0 Å². The average molecular weight is 176 g/mol. The van der Waals surface area contributed by atoms with Gasteiger partial charge in [0.25, 0.3) is 0 Å². The molecule has 5 heteroatoms. The molecule has 0 aromatic heterocycles. The van der Waals surface area contributed by atoms with Crippen LogP contribution in [0.4, 0.5) is 0 Å². The summed E-state index contributed by atoms with van der Waals surface area (Å²) in [6.45, 7) is 0.535. The zero-order valence-corrected chi connectivity index (χ0v) is 7.46. The van der Waals surface area contributed by atoms with Crippen molar-refractivity contribution in [1.29, 1.82) is 0 Å². The van der Waals surface area contributed by atoms with Gasteiger partial charge in [-0.1, -0.05) is 0 Å². The average Bonchev–Trinajstić information content (AvgIpc) is 2.03. The van der Waals surface area contributed by atoms with Gasteiger partial charge in [0.1, 0.15) is 0 Å². The van der Waals surface area contributed by atoms with E-state index in [9.17, 15) is 9.59 Å². The Bertz CT molecular complexity index is 150. The molecule has 0 heterocycles. The molecular formula is C6H12N2O2S. The second-order valence-electron chi connectivity index (χ2n) is 1.83. The maximum Gasteiger partial charge on any atom is 0.309 e. The highest BCUT2D eigenvalue weighted by molar-refractivity contribution is 7.98. The lowest BCUT2D eigenvalue weighted by molar-refractivity contribution is -0.138. The summed E-state index contributed by atoms with van der Waals surface area (Å²) in [4.78, 5) is 21.3. The van der Waals surface area contributed by atoms with Crippen LogP contribution < -0.4 is 10.6 Å². The lowest BCUT2D eigenvalue weighted by atomic mass is 10.5. The summed E-state index contributed by atoms with van der Waals surface area (Å²) >= 11 is 1.62. The molecule has 0 saturated carbocycles. The summed E-state index contributed by atoms with van der Waals surface area (Å²) in [5, 5.41) is 4.70. The predicted molar refractivity (Wildman–Crippen MR) is 45.5 cm³/mol. The molecule has 0 bridgehead atoms. The van der Waals surface area contributed by atoms with Crippen molar-refractivity contribution in [1.82, 2.24) is 10.6 Å². The van der Waals surface area contributed by atoms with Crippen molar-refractivity contribution in [2.24, 2.45) is 0 Å². The van der Waals surface area contributed by atoms with Crippen LogP contribution in [0.5, 0.6) is 0 Å². The Morgan fingerprint density at radius 3 is 2.45 bits per heavy atom. The predicted octanol–water partition coefficient (Wildman–Crippen LogP) is -0.788. The first-order valence-corrected chi connectivity index (χ1v) is 4.60. The van der Waals surface area contributed by atoms with Crippen LogP contribution in [-0.2, 0) is 9.59 Å². The van der Waals surface area contributed by atoms with Gasteiger partial charge in [-0.05, 0) is 6.26 Å². The number of carbonyl (C=O) groups excluding carboxylic acids is 2. The number of likely N-dealkylation sites (N-methyl/N-ethyl adjacent to an activating group) is 1. The monoisotopic (exact) mass is 176 g/mol. The van der Waals surface area contributed by atoms with Crippen molar-refractivity contribution in [3.8, 4) is 0 Å². The van der Waals surface area contributed by atoms with Crippen molar-refractivity contribution >= 4 is 23.6 Å². The highest BCUT2D eigenvalue weighted by Crippen LogP contribution is 1.86. The van der Waals surface area contributed by atoms with Crippen LogP contribution in [-0.4, -0.2) is 37.4 Å². The standard InChI is InChI=1S/C6H12N2O2S/c1-7-5(9)6(10)8-3-4-11-2/h3-4H2,1-2H3,(H,7,9)(H,8,10). The number of thioether (sulfide) groups is 1. The highest BCUT2D eigenvalue weighted by atomic mass is 32.2. The van der Waals surface area contributed by atoms with Crippen molar-refractivity contribution in [2.75, 3.05) is 25.6 Å². The lowest BCUT2D eigenvalue weighted by Crippen LogP contribution is -2.38. The summed E-state index contributed by atoms with van der Waals surface area (Å²) in [5.74, 6) is -0.337. The molecule has 11 heavy (non-hydrogen) atoms. The lowest BCUT2D eigenvalue weighted by Gasteiger charge is -2.00. The molecule has 0 unspecified atom stereocenters. The van der Waals surface area contributed by atoms with E-state index >= 15 is 0 Å². The van der Waals surface area contributed by atoms with Crippen LogP contribution in [0.3, 0.4) is 0 Å². The van der Waals surface area contributed by atoms with Crippen LogP contribution in [0.2, 0.25) is 0 Å². The van der Waals surface area contributed by atoms with Crippen LogP contribution in [0.25, 0.3) is 0 Å². The van der Waals surface area contributed by atoms with Gasteiger partial charge in [0.05, 0.1) is 0 Å². The molecule has 0 aliphatic heterocycles. The normalized spacial score (nSPS) is 8.91. The summed E-state index contributed by atoms with van der Waals surface area (Å²) < 4.78 is 0. The van der Waals surface area contributed by atoms with Gasteiger partial charge in [-0.3, -0.25) is 9.59 Å². The molecule has 2 amide bonds. The quantitative estimate of drug-likeness (QED) is 0.438. The molecule has 4 nitrogen and oxygen atoms in total. The number of hydrogen-bond donors (Lipinski definition) is 2. The van der Waals surface area contributed by atoms with E-state index in [0.717, 1.165) is 5.75 Å². The first-order chi connectivity index (χ1) is 5.22. The van der Waals surface area contributed by atoms with Crippen molar-refractivity contribution < 1.29 is 9.59 Å². The van der Waals surface area contributed by atoms with Crippen LogP contribution in [0, 0.1) is 0 Å². The fourth-order valence-electron chi connectivity index (χ4n) is 0.460. The van der Waals surface area contributed by atoms with Crippen molar-refractivity contribution in [2.45, 2.75) is 0 Å². The molecule has 0 atom stereocenters. The highest BCUT2D eigenvalue weighted by Gasteiger charge is 2.08. The Morgan fingerprint density at radius 1 is 1.36 bits per heavy atom. The summed E-state index contributed by atoms with van der Waals surface area (Å²) in [6.07, 6.45) is 1.94. The molecule has 0 rings (SSSR count). The third-order valence-corrected chi connectivity index (χ3v) is 1.64. The Kier molecular flexibility index (Phi) is 5.64. The first kappa shape index (κ1) is 10.3. The summed E-state index contributed by atoms with van der Waals surface area (Å²) in [7, 11) is 1.43. The minimum Gasteiger partial charge on any atom is -0.351 e. The van der Waals surface area contributed by atoms with E-state index in [1.54, 1.807) is 11.8 Å². The molecule has 0 aromatic carbocycles. The van der Waals surface area contributed by atoms with Crippen molar-refractivity contribution in [3.05, 3.63) is 0 Å². The Hall–Kier alpha value is -0.710. The van der Waals surface area contributed by atoms with E-state index in [1.165, 1.54) is 7.05 Å². The van der Waals surface area contributed by atoms with Gasteiger partial charge in [-0.2, -0.15) is 11.8 Å². The molecule has 0 saturated heterocycles. The Labute approximate surface area is 70.1 Å². The molecule has 64 valence electrons. The van der Waals surface area contributed by atoms with Crippen LogP contribution in [0.15, 0.2) is 0 Å². The number of hydrogen-bond acceptors (Lipinski definition) is 3. The summed E-state index contributed by atoms with van der Waals surface area (Å²) in [6, 6.07) is 0. The minimum atomic E-state index is -0.592. The van der Waals surface area contributed by atoms with E-state index in [4.69, 9.17) is 0 Å². The first-order valence-electron chi connectivity index (χ1n) is 3.21. The fourth-order valence-corrected chi connectivity index (χ4v) is 0.767. The molecule has 0 aliphatic carbocycles. The molecule has 0 fully saturated rings. The molecule has 0 radical (unpaired) electrons. The van der Waals surface area contributed by atoms with Gasteiger partial charge < -0.3 is 10.6 Å². The van der Waals surface area contributed by atoms with Gasteiger partial charge >= 0.3 is 11.8 Å². The largest absolute Gasteiger partial charge is 0.351 e. The van der Waals surface area contributed by atoms with Gasteiger partial charge in [0, 0.05) is 19.3 Å². The van der Waals surface area contributed by atoms with E-state index in [0.29, 0.717) is 6.54 Å². The van der Waals surface area contributed by atoms with Gasteiger partial charge in [-0.25, -0.2) is 0 Å². The maximum atomic E-state index is 10.7. The number of nitrogens with one attached hydrogen (secondary N) is 2. The minimum absolute atomic E-state index is 0.535. The molecule has 2 N–H and O–H groups in total.